The lowest BCUT2D eigenvalue weighted by molar-refractivity contribution is -0.137. The highest BCUT2D eigenvalue weighted by Crippen LogP contribution is 2.25. The lowest BCUT2D eigenvalue weighted by Gasteiger charge is -2.15. The Bertz CT molecular complexity index is 795. The van der Waals surface area contributed by atoms with E-state index in [1.165, 1.54) is 37.3 Å². The number of carbonyl (C=O) groups is 1. The molecule has 2 aromatic rings. The molecule has 1 atom stereocenters. The molecule has 0 aromatic heterocycles. The van der Waals surface area contributed by atoms with E-state index in [9.17, 15) is 4.79 Å². The first-order chi connectivity index (χ1) is 16.1. The molecule has 0 radical (unpaired) electrons. The first-order valence-electron chi connectivity index (χ1n) is 12.4. The molecular formula is C29H40O4. The second-order valence-corrected chi connectivity index (χ2v) is 8.46. The summed E-state index contributed by atoms with van der Waals surface area (Å²) < 4.78 is 16.9. The van der Waals surface area contributed by atoms with Gasteiger partial charge in [0.25, 0.3) is 0 Å². The Morgan fingerprint density at radius 1 is 0.818 bits per heavy atom. The van der Waals surface area contributed by atoms with Gasteiger partial charge in [-0.1, -0.05) is 57.0 Å². The van der Waals surface area contributed by atoms with Crippen LogP contribution in [0.4, 0.5) is 0 Å². The second kappa shape index (κ2) is 16.0. The fourth-order valence-electron chi connectivity index (χ4n) is 3.60. The van der Waals surface area contributed by atoms with Crippen molar-refractivity contribution < 1.29 is 19.0 Å². The van der Waals surface area contributed by atoms with Gasteiger partial charge in [-0.15, -0.1) is 0 Å². The van der Waals surface area contributed by atoms with Crippen LogP contribution >= 0.6 is 0 Å². The third kappa shape index (κ3) is 11.1. The molecule has 4 heteroatoms. The maximum absolute atomic E-state index is 11.0. The first kappa shape index (κ1) is 26.5. The Balaban J connectivity index is 1.66. The zero-order chi connectivity index (χ0) is 23.7. The summed E-state index contributed by atoms with van der Waals surface area (Å²) in [4.78, 5) is 11.0. The van der Waals surface area contributed by atoms with Crippen LogP contribution in [-0.2, 0) is 9.53 Å². The van der Waals surface area contributed by atoms with Crippen molar-refractivity contribution in [2.75, 3.05) is 13.2 Å². The standard InChI is InChI=1S/C29H40O4/c1-4-6-7-10-13-24(3)33-28-20-16-26(17-21-28)25-14-18-27(19-15-25)31-22-11-8-9-12-23-32-29(30)5-2/h5,14-21,24H,2,4,6-13,22-23H2,1,3H3. The number of esters is 1. The van der Waals surface area contributed by atoms with Gasteiger partial charge in [-0.3, -0.25) is 0 Å². The summed E-state index contributed by atoms with van der Waals surface area (Å²) in [5.74, 6) is 1.46. The maximum Gasteiger partial charge on any atom is 0.330 e. The molecule has 0 saturated heterocycles. The molecule has 0 N–H and O–H groups in total. The normalized spacial score (nSPS) is 11.6. The van der Waals surface area contributed by atoms with Gasteiger partial charge >= 0.3 is 5.97 Å². The van der Waals surface area contributed by atoms with E-state index < -0.39 is 0 Å². The smallest absolute Gasteiger partial charge is 0.330 e. The van der Waals surface area contributed by atoms with Crippen LogP contribution in [0.25, 0.3) is 11.1 Å². The number of hydrogen-bond donors (Lipinski definition) is 0. The second-order valence-electron chi connectivity index (χ2n) is 8.46. The zero-order valence-corrected chi connectivity index (χ0v) is 20.4. The molecule has 0 amide bonds. The highest BCUT2D eigenvalue weighted by atomic mass is 16.5. The van der Waals surface area contributed by atoms with Crippen LogP contribution < -0.4 is 9.47 Å². The molecule has 2 rings (SSSR count). The van der Waals surface area contributed by atoms with Gasteiger partial charge in [0.2, 0.25) is 0 Å². The van der Waals surface area contributed by atoms with E-state index in [4.69, 9.17) is 14.2 Å². The van der Waals surface area contributed by atoms with E-state index >= 15 is 0 Å². The average Bonchev–Trinajstić information content (AvgIpc) is 2.84. The molecule has 1 unspecified atom stereocenters. The predicted octanol–water partition coefficient (Wildman–Crippen LogP) is 7.76. The molecule has 33 heavy (non-hydrogen) atoms. The number of hydrogen-bond acceptors (Lipinski definition) is 4. The van der Waals surface area contributed by atoms with E-state index in [0.717, 1.165) is 49.2 Å². The summed E-state index contributed by atoms with van der Waals surface area (Å²) in [5.41, 5.74) is 2.33. The summed E-state index contributed by atoms with van der Waals surface area (Å²) in [6.45, 7) is 8.92. The molecule has 0 aliphatic carbocycles. The van der Waals surface area contributed by atoms with Crippen molar-refractivity contribution in [1.82, 2.24) is 0 Å². The summed E-state index contributed by atoms with van der Waals surface area (Å²) >= 11 is 0. The Morgan fingerprint density at radius 2 is 1.39 bits per heavy atom. The minimum atomic E-state index is -0.353. The van der Waals surface area contributed by atoms with Gasteiger partial charge in [-0.25, -0.2) is 4.79 Å². The van der Waals surface area contributed by atoms with Crippen molar-refractivity contribution >= 4 is 5.97 Å². The third-order valence-corrected chi connectivity index (χ3v) is 5.56. The Labute approximate surface area is 200 Å². The van der Waals surface area contributed by atoms with Gasteiger partial charge in [0.05, 0.1) is 19.3 Å². The Kier molecular flexibility index (Phi) is 12.8. The van der Waals surface area contributed by atoms with Crippen LogP contribution in [0.1, 0.15) is 71.6 Å². The van der Waals surface area contributed by atoms with Crippen LogP contribution in [0.5, 0.6) is 11.5 Å². The van der Waals surface area contributed by atoms with Crippen molar-refractivity contribution in [3.8, 4) is 22.6 Å². The highest BCUT2D eigenvalue weighted by Gasteiger charge is 2.05. The van der Waals surface area contributed by atoms with Crippen LogP contribution in [0, 0.1) is 0 Å². The molecular weight excluding hydrogens is 412 g/mol. The van der Waals surface area contributed by atoms with E-state index in [0.29, 0.717) is 13.2 Å². The number of benzene rings is 2. The molecule has 4 nitrogen and oxygen atoms in total. The molecule has 0 spiro atoms. The van der Waals surface area contributed by atoms with Crippen molar-refractivity contribution in [3.05, 3.63) is 61.2 Å². The molecule has 2 aromatic carbocycles. The van der Waals surface area contributed by atoms with Crippen molar-refractivity contribution in [1.29, 1.82) is 0 Å². The monoisotopic (exact) mass is 452 g/mol. The van der Waals surface area contributed by atoms with Crippen molar-refractivity contribution in [2.45, 2.75) is 77.7 Å². The van der Waals surface area contributed by atoms with Gasteiger partial charge in [0, 0.05) is 6.08 Å². The predicted molar refractivity (Wildman–Crippen MR) is 136 cm³/mol. The van der Waals surface area contributed by atoms with Crippen LogP contribution in [0.15, 0.2) is 61.2 Å². The van der Waals surface area contributed by atoms with E-state index in [1.54, 1.807) is 0 Å². The van der Waals surface area contributed by atoms with Gasteiger partial charge < -0.3 is 14.2 Å². The summed E-state index contributed by atoms with van der Waals surface area (Å²) in [6, 6.07) is 16.6. The molecule has 0 saturated carbocycles. The summed E-state index contributed by atoms with van der Waals surface area (Å²) in [5, 5.41) is 0. The number of carbonyl (C=O) groups excluding carboxylic acids is 1. The third-order valence-electron chi connectivity index (χ3n) is 5.56. The molecule has 0 bridgehead atoms. The molecule has 0 fully saturated rings. The van der Waals surface area contributed by atoms with Crippen molar-refractivity contribution in [2.24, 2.45) is 0 Å². The highest BCUT2D eigenvalue weighted by molar-refractivity contribution is 5.81. The van der Waals surface area contributed by atoms with Gasteiger partial charge in [0.15, 0.2) is 0 Å². The van der Waals surface area contributed by atoms with Crippen LogP contribution in [0.3, 0.4) is 0 Å². The van der Waals surface area contributed by atoms with E-state index in [2.05, 4.69) is 56.8 Å². The minimum absolute atomic E-state index is 0.249. The quantitative estimate of drug-likeness (QED) is 0.140. The van der Waals surface area contributed by atoms with Gasteiger partial charge in [-0.2, -0.15) is 0 Å². The molecule has 0 aliphatic heterocycles. The fraction of sp³-hybridized carbons (Fsp3) is 0.483. The lowest BCUT2D eigenvalue weighted by Crippen LogP contribution is -2.11. The number of unbranched alkanes of at least 4 members (excludes halogenated alkanes) is 6. The van der Waals surface area contributed by atoms with Crippen molar-refractivity contribution in [3.63, 3.8) is 0 Å². The average molecular weight is 453 g/mol. The first-order valence-corrected chi connectivity index (χ1v) is 12.4. The number of ether oxygens (including phenoxy) is 3. The molecule has 0 heterocycles. The Hall–Kier alpha value is -2.75. The largest absolute Gasteiger partial charge is 0.494 e. The van der Waals surface area contributed by atoms with Gasteiger partial charge in [0.1, 0.15) is 11.5 Å². The fourth-order valence-corrected chi connectivity index (χ4v) is 3.60. The SMILES string of the molecule is C=CC(=O)OCCCCCCOc1ccc(-c2ccc(OC(C)CCCCCC)cc2)cc1. The molecule has 0 aliphatic rings. The van der Waals surface area contributed by atoms with E-state index in [-0.39, 0.29) is 12.1 Å². The van der Waals surface area contributed by atoms with Crippen LogP contribution in [-0.4, -0.2) is 25.3 Å². The Morgan fingerprint density at radius 3 is 2.00 bits per heavy atom. The number of rotatable bonds is 17. The summed E-state index contributed by atoms with van der Waals surface area (Å²) in [6.07, 6.45) is 11.6. The minimum Gasteiger partial charge on any atom is -0.494 e. The maximum atomic E-state index is 11.0. The zero-order valence-electron chi connectivity index (χ0n) is 20.4. The topological polar surface area (TPSA) is 44.8 Å². The van der Waals surface area contributed by atoms with Crippen LogP contribution in [0.2, 0.25) is 0 Å². The molecule has 180 valence electrons. The summed E-state index contributed by atoms with van der Waals surface area (Å²) in [7, 11) is 0. The lowest BCUT2D eigenvalue weighted by atomic mass is 10.1. The van der Waals surface area contributed by atoms with Gasteiger partial charge in [-0.05, 0) is 80.8 Å². The van der Waals surface area contributed by atoms with E-state index in [1.807, 2.05) is 12.1 Å².